The van der Waals surface area contributed by atoms with Crippen molar-refractivity contribution in [2.75, 3.05) is 5.32 Å². The summed E-state index contributed by atoms with van der Waals surface area (Å²) in [6, 6.07) is 9.11. The van der Waals surface area contributed by atoms with Gasteiger partial charge in [0.25, 0.3) is 5.91 Å². The molecule has 1 aromatic heterocycles. The van der Waals surface area contributed by atoms with E-state index in [0.29, 0.717) is 23.7 Å². The Morgan fingerprint density at radius 1 is 1.36 bits per heavy atom. The number of halogens is 1. The number of amides is 1. The van der Waals surface area contributed by atoms with E-state index in [1.807, 2.05) is 19.1 Å². The topological polar surface area (TPSA) is 67.2 Å². The maximum Gasteiger partial charge on any atom is 0.257 e. The lowest BCUT2D eigenvalue weighted by atomic mass is 10.0. The Morgan fingerprint density at radius 3 is 2.77 bits per heavy atom. The molecule has 0 radical (unpaired) electrons. The number of benzene rings is 1. The van der Waals surface area contributed by atoms with Crippen LogP contribution in [0.15, 0.2) is 30.3 Å². The highest BCUT2D eigenvalue weighted by Gasteiger charge is 2.39. The molecule has 3 rings (SSSR count). The van der Waals surface area contributed by atoms with Crippen molar-refractivity contribution in [1.82, 2.24) is 9.78 Å². The molecule has 0 bridgehead atoms. The summed E-state index contributed by atoms with van der Waals surface area (Å²) < 4.78 is 1.71. The quantitative estimate of drug-likeness (QED) is 0.913. The summed E-state index contributed by atoms with van der Waals surface area (Å²) in [5.41, 5.74) is 0.439. The molecule has 0 spiro atoms. The fraction of sp³-hybridized carbons (Fsp3) is 0.375. The van der Waals surface area contributed by atoms with Crippen molar-refractivity contribution in [2.45, 2.75) is 38.2 Å². The summed E-state index contributed by atoms with van der Waals surface area (Å²) in [5.74, 6) is 0.0588. The van der Waals surface area contributed by atoms with E-state index in [-0.39, 0.29) is 5.91 Å². The lowest BCUT2D eigenvalue weighted by Gasteiger charge is -2.19. The number of aryl methyl sites for hydroxylation is 1. The molecule has 1 aromatic carbocycles. The SMILES string of the molecule is Cc1cc(NC(=O)C2(O)CCCC2)nn1-c1cccc(Cl)c1. The second-order valence-electron chi connectivity index (χ2n) is 5.76. The Hall–Kier alpha value is -1.85. The molecule has 1 amide bonds. The van der Waals surface area contributed by atoms with Crippen LogP contribution in [0.3, 0.4) is 0 Å². The van der Waals surface area contributed by atoms with Crippen LogP contribution in [0.2, 0.25) is 5.02 Å². The predicted molar refractivity (Wildman–Crippen MR) is 85.4 cm³/mol. The van der Waals surface area contributed by atoms with Gasteiger partial charge in [-0.1, -0.05) is 17.7 Å². The fourth-order valence-corrected chi connectivity index (χ4v) is 3.01. The molecule has 1 heterocycles. The average molecular weight is 320 g/mol. The molecule has 1 aliphatic rings. The number of anilines is 1. The molecular formula is C16H18ClN3O2. The first-order valence-corrected chi connectivity index (χ1v) is 7.72. The highest BCUT2D eigenvalue weighted by molar-refractivity contribution is 6.30. The fourth-order valence-electron chi connectivity index (χ4n) is 2.82. The molecule has 5 nitrogen and oxygen atoms in total. The molecule has 0 aliphatic heterocycles. The van der Waals surface area contributed by atoms with Crippen LogP contribution in [0.4, 0.5) is 5.82 Å². The molecule has 2 aromatic rings. The number of aliphatic hydroxyl groups is 1. The van der Waals surface area contributed by atoms with Crippen molar-refractivity contribution in [3.63, 3.8) is 0 Å². The van der Waals surface area contributed by atoms with E-state index < -0.39 is 5.60 Å². The van der Waals surface area contributed by atoms with E-state index >= 15 is 0 Å². The van der Waals surface area contributed by atoms with Gasteiger partial charge in [0, 0.05) is 16.8 Å². The van der Waals surface area contributed by atoms with Gasteiger partial charge in [-0.15, -0.1) is 5.10 Å². The molecule has 0 atom stereocenters. The van der Waals surface area contributed by atoms with Crippen molar-refractivity contribution in [3.8, 4) is 5.69 Å². The van der Waals surface area contributed by atoms with Crippen LogP contribution < -0.4 is 5.32 Å². The largest absolute Gasteiger partial charge is 0.380 e. The molecule has 22 heavy (non-hydrogen) atoms. The van der Waals surface area contributed by atoms with Gasteiger partial charge < -0.3 is 10.4 Å². The Morgan fingerprint density at radius 2 is 2.09 bits per heavy atom. The molecule has 0 unspecified atom stereocenters. The van der Waals surface area contributed by atoms with Crippen molar-refractivity contribution in [1.29, 1.82) is 0 Å². The van der Waals surface area contributed by atoms with Gasteiger partial charge in [-0.2, -0.15) is 0 Å². The first kappa shape index (κ1) is 15.1. The predicted octanol–water partition coefficient (Wildman–Crippen LogP) is 3.08. The van der Waals surface area contributed by atoms with Gasteiger partial charge in [-0.3, -0.25) is 4.79 Å². The second kappa shape index (κ2) is 5.74. The summed E-state index contributed by atoms with van der Waals surface area (Å²) in [4.78, 5) is 12.2. The monoisotopic (exact) mass is 319 g/mol. The van der Waals surface area contributed by atoms with Gasteiger partial charge in [0.2, 0.25) is 0 Å². The first-order chi connectivity index (χ1) is 10.5. The molecule has 116 valence electrons. The molecular weight excluding hydrogens is 302 g/mol. The third kappa shape index (κ3) is 2.87. The van der Waals surface area contributed by atoms with E-state index in [2.05, 4.69) is 10.4 Å². The maximum atomic E-state index is 12.2. The van der Waals surface area contributed by atoms with E-state index in [1.165, 1.54) is 0 Å². The lowest BCUT2D eigenvalue weighted by molar-refractivity contribution is -0.133. The Kier molecular flexibility index (Phi) is 3.93. The smallest absolute Gasteiger partial charge is 0.257 e. The van der Waals surface area contributed by atoms with Gasteiger partial charge in [0.1, 0.15) is 5.60 Å². The highest BCUT2D eigenvalue weighted by atomic mass is 35.5. The zero-order chi connectivity index (χ0) is 15.7. The lowest BCUT2D eigenvalue weighted by Crippen LogP contribution is -2.40. The molecule has 1 saturated carbocycles. The Bertz CT molecular complexity index is 705. The standard InChI is InChI=1S/C16H18ClN3O2/c1-11-9-14(18-15(21)16(22)7-2-3-8-16)19-20(11)13-6-4-5-12(17)10-13/h4-6,9-10,22H,2-3,7-8H2,1H3,(H,18,19,21). The minimum atomic E-state index is -1.26. The summed E-state index contributed by atoms with van der Waals surface area (Å²) in [6.07, 6.45) is 2.76. The number of nitrogens with zero attached hydrogens (tertiary/aromatic N) is 2. The van der Waals surface area contributed by atoms with Crippen molar-refractivity contribution >= 4 is 23.3 Å². The summed E-state index contributed by atoms with van der Waals surface area (Å²) >= 11 is 6.00. The van der Waals surface area contributed by atoms with Gasteiger partial charge in [0.05, 0.1) is 5.69 Å². The third-order valence-electron chi connectivity index (χ3n) is 4.04. The molecule has 6 heteroatoms. The number of nitrogens with one attached hydrogen (secondary N) is 1. The molecule has 2 N–H and O–H groups in total. The normalized spacial score (nSPS) is 16.7. The van der Waals surface area contributed by atoms with Crippen LogP contribution in [0, 0.1) is 6.92 Å². The zero-order valence-electron chi connectivity index (χ0n) is 12.3. The van der Waals surface area contributed by atoms with E-state index in [4.69, 9.17) is 11.6 Å². The number of rotatable bonds is 3. The second-order valence-corrected chi connectivity index (χ2v) is 6.19. The van der Waals surface area contributed by atoms with Gasteiger partial charge in [0.15, 0.2) is 5.82 Å². The number of aromatic nitrogens is 2. The van der Waals surface area contributed by atoms with Gasteiger partial charge in [-0.25, -0.2) is 4.68 Å². The molecule has 1 aliphatic carbocycles. The number of carbonyl (C=O) groups excluding carboxylic acids is 1. The molecule has 0 saturated heterocycles. The van der Waals surface area contributed by atoms with Gasteiger partial charge in [-0.05, 0) is 50.8 Å². The van der Waals surface area contributed by atoms with Crippen molar-refractivity contribution < 1.29 is 9.90 Å². The maximum absolute atomic E-state index is 12.2. The van der Waals surface area contributed by atoms with Gasteiger partial charge >= 0.3 is 0 Å². The van der Waals surface area contributed by atoms with E-state index in [9.17, 15) is 9.90 Å². The van der Waals surface area contributed by atoms with Crippen molar-refractivity contribution in [3.05, 3.63) is 41.0 Å². The summed E-state index contributed by atoms with van der Waals surface area (Å²) in [5, 5.41) is 18.0. The van der Waals surface area contributed by atoms with Crippen LogP contribution in [-0.4, -0.2) is 26.4 Å². The average Bonchev–Trinajstić information content (AvgIpc) is 3.06. The first-order valence-electron chi connectivity index (χ1n) is 7.34. The third-order valence-corrected chi connectivity index (χ3v) is 4.27. The minimum Gasteiger partial charge on any atom is -0.380 e. The van der Waals surface area contributed by atoms with Crippen LogP contribution in [-0.2, 0) is 4.79 Å². The Labute approximate surface area is 133 Å². The Balaban J connectivity index is 1.82. The highest BCUT2D eigenvalue weighted by Crippen LogP contribution is 2.30. The van der Waals surface area contributed by atoms with E-state index in [0.717, 1.165) is 24.2 Å². The van der Waals surface area contributed by atoms with Crippen LogP contribution in [0.5, 0.6) is 0 Å². The summed E-state index contributed by atoms with van der Waals surface area (Å²) in [6.45, 7) is 1.90. The summed E-state index contributed by atoms with van der Waals surface area (Å²) in [7, 11) is 0. The van der Waals surface area contributed by atoms with Crippen molar-refractivity contribution in [2.24, 2.45) is 0 Å². The van der Waals surface area contributed by atoms with Crippen LogP contribution >= 0.6 is 11.6 Å². The number of hydrogen-bond acceptors (Lipinski definition) is 3. The van der Waals surface area contributed by atoms with Crippen LogP contribution in [0.25, 0.3) is 5.69 Å². The number of hydrogen-bond donors (Lipinski definition) is 2. The van der Waals surface area contributed by atoms with E-state index in [1.54, 1.807) is 22.9 Å². The molecule has 1 fully saturated rings. The van der Waals surface area contributed by atoms with Crippen LogP contribution in [0.1, 0.15) is 31.4 Å². The zero-order valence-corrected chi connectivity index (χ0v) is 13.1. The number of carbonyl (C=O) groups is 1. The minimum absolute atomic E-state index is 0.374.